The van der Waals surface area contributed by atoms with Gasteiger partial charge in [0.25, 0.3) is 0 Å². The second kappa shape index (κ2) is 8.86. The van der Waals surface area contributed by atoms with Gasteiger partial charge in [-0.2, -0.15) is 0 Å². The van der Waals surface area contributed by atoms with Crippen molar-refractivity contribution in [3.8, 4) is 16.9 Å². The number of ether oxygens (including phenoxy) is 1. The van der Waals surface area contributed by atoms with Crippen molar-refractivity contribution in [1.82, 2.24) is 0 Å². The third-order valence-corrected chi connectivity index (χ3v) is 4.59. The normalized spacial score (nSPS) is 10.7. The molecule has 29 heavy (non-hydrogen) atoms. The molecule has 1 N–H and O–H groups in total. The lowest BCUT2D eigenvalue weighted by molar-refractivity contribution is 0.101. The SMILES string of the molecule is CCOc1ccc(Cc2ccc(N([O-])O)cc2)c(F)c1-c1cccc(C(C)=O)c1. The summed E-state index contributed by atoms with van der Waals surface area (Å²) < 4.78 is 21.1. The van der Waals surface area contributed by atoms with Gasteiger partial charge in [0.05, 0.1) is 17.9 Å². The summed E-state index contributed by atoms with van der Waals surface area (Å²) >= 11 is 0. The summed E-state index contributed by atoms with van der Waals surface area (Å²) in [7, 11) is 0. The van der Waals surface area contributed by atoms with Gasteiger partial charge in [-0.3, -0.25) is 10.0 Å². The minimum atomic E-state index is -0.423. The summed E-state index contributed by atoms with van der Waals surface area (Å²) in [5, 5.41) is 19.6. The molecule has 0 radical (unpaired) electrons. The molecular weight excluding hydrogens is 373 g/mol. The Labute approximate surface area is 168 Å². The van der Waals surface area contributed by atoms with E-state index in [0.29, 0.717) is 41.0 Å². The zero-order valence-corrected chi connectivity index (χ0v) is 16.2. The summed E-state index contributed by atoms with van der Waals surface area (Å²) in [5.41, 5.74) is 2.71. The van der Waals surface area contributed by atoms with Gasteiger partial charge < -0.3 is 15.2 Å². The molecule has 0 aromatic heterocycles. The van der Waals surface area contributed by atoms with Gasteiger partial charge in [-0.15, -0.1) is 0 Å². The molecule has 0 atom stereocenters. The van der Waals surface area contributed by atoms with Gasteiger partial charge in [0.1, 0.15) is 11.6 Å². The summed E-state index contributed by atoms with van der Waals surface area (Å²) in [6.07, 6.45) is 0.294. The molecule has 3 aromatic carbocycles. The van der Waals surface area contributed by atoms with Crippen LogP contribution in [0.1, 0.15) is 35.3 Å². The Kier molecular flexibility index (Phi) is 6.26. The molecule has 0 saturated carbocycles. The van der Waals surface area contributed by atoms with Crippen molar-refractivity contribution in [2.75, 3.05) is 11.8 Å². The third-order valence-electron chi connectivity index (χ3n) is 4.59. The Bertz CT molecular complexity index is 1020. The maximum absolute atomic E-state index is 15.5. The van der Waals surface area contributed by atoms with Gasteiger partial charge in [-0.1, -0.05) is 36.4 Å². The lowest BCUT2D eigenvalue weighted by atomic mass is 9.95. The van der Waals surface area contributed by atoms with Crippen LogP contribution < -0.4 is 9.96 Å². The first-order valence-corrected chi connectivity index (χ1v) is 9.21. The number of rotatable bonds is 7. The zero-order chi connectivity index (χ0) is 21.0. The number of carbonyl (C=O) groups is 1. The van der Waals surface area contributed by atoms with E-state index >= 15 is 4.39 Å². The number of halogens is 1. The second-order valence-corrected chi connectivity index (χ2v) is 6.60. The molecule has 6 heteroatoms. The van der Waals surface area contributed by atoms with Gasteiger partial charge in [0.15, 0.2) is 5.78 Å². The van der Waals surface area contributed by atoms with Crippen LogP contribution in [0.5, 0.6) is 5.75 Å². The molecule has 0 aliphatic carbocycles. The fraction of sp³-hybridized carbons (Fsp3) is 0.174. The maximum Gasteiger partial charge on any atom is 0.159 e. The fourth-order valence-corrected chi connectivity index (χ4v) is 3.14. The number of benzene rings is 3. The number of nitrogens with zero attached hydrogens (tertiary/aromatic N) is 1. The molecule has 0 unspecified atom stereocenters. The van der Waals surface area contributed by atoms with E-state index in [1.807, 2.05) is 6.92 Å². The van der Waals surface area contributed by atoms with E-state index in [1.54, 1.807) is 48.5 Å². The molecule has 3 aromatic rings. The van der Waals surface area contributed by atoms with Crippen LogP contribution in [-0.2, 0) is 6.42 Å². The van der Waals surface area contributed by atoms with Crippen molar-refractivity contribution < 1.29 is 19.1 Å². The minimum Gasteiger partial charge on any atom is -0.733 e. The zero-order valence-electron chi connectivity index (χ0n) is 16.2. The molecule has 0 heterocycles. The number of ketones is 1. The number of anilines is 1. The lowest BCUT2D eigenvalue weighted by Gasteiger charge is -2.21. The van der Waals surface area contributed by atoms with E-state index in [9.17, 15) is 10.0 Å². The van der Waals surface area contributed by atoms with Gasteiger partial charge in [0.2, 0.25) is 0 Å². The molecule has 0 bridgehead atoms. The Morgan fingerprint density at radius 3 is 2.48 bits per heavy atom. The molecular formula is C23H21FNO4-. The lowest BCUT2D eigenvalue weighted by Crippen LogP contribution is -2.06. The second-order valence-electron chi connectivity index (χ2n) is 6.60. The van der Waals surface area contributed by atoms with Crippen molar-refractivity contribution in [2.24, 2.45) is 0 Å². The molecule has 0 fully saturated rings. The standard InChI is InChI=1S/C23H21FNO4/c1-3-29-21-12-9-19(13-16-7-10-20(11-8-16)25(27)28)23(24)22(21)18-6-4-5-17(14-18)15(2)26/h4-12,14,27H,3,13H2,1-2H3/q-1. The van der Waals surface area contributed by atoms with Gasteiger partial charge in [-0.05, 0) is 54.8 Å². The van der Waals surface area contributed by atoms with Crippen LogP contribution in [0.15, 0.2) is 60.7 Å². The molecule has 0 amide bonds. The summed E-state index contributed by atoms with van der Waals surface area (Å²) in [6.45, 7) is 3.67. The number of hydrogen-bond donors (Lipinski definition) is 1. The van der Waals surface area contributed by atoms with Crippen molar-refractivity contribution >= 4 is 11.5 Å². The van der Waals surface area contributed by atoms with Gasteiger partial charge >= 0.3 is 0 Å². The van der Waals surface area contributed by atoms with Crippen LogP contribution in [0.3, 0.4) is 0 Å². The monoisotopic (exact) mass is 394 g/mol. The van der Waals surface area contributed by atoms with Crippen molar-refractivity contribution in [1.29, 1.82) is 0 Å². The van der Waals surface area contributed by atoms with Crippen molar-refractivity contribution in [2.45, 2.75) is 20.3 Å². The van der Waals surface area contributed by atoms with Gasteiger partial charge in [0, 0.05) is 12.0 Å². The molecule has 0 spiro atoms. The molecule has 0 saturated heterocycles. The molecule has 0 aliphatic rings. The topological polar surface area (TPSA) is 72.8 Å². The predicted octanol–water partition coefficient (Wildman–Crippen LogP) is 5.38. The van der Waals surface area contributed by atoms with E-state index in [-0.39, 0.29) is 16.7 Å². The maximum atomic E-state index is 15.5. The first kappa shape index (κ1) is 20.5. The molecule has 5 nitrogen and oxygen atoms in total. The fourth-order valence-electron chi connectivity index (χ4n) is 3.14. The number of carbonyl (C=O) groups excluding carboxylic acids is 1. The number of Topliss-reactive ketones (excluding diaryl/α,β-unsaturated/α-hetero) is 1. The van der Waals surface area contributed by atoms with Crippen LogP contribution in [-0.4, -0.2) is 17.6 Å². The highest BCUT2D eigenvalue weighted by atomic mass is 19.1. The number of hydrogen-bond acceptors (Lipinski definition) is 5. The van der Waals surface area contributed by atoms with Crippen LogP contribution in [0.2, 0.25) is 0 Å². The smallest absolute Gasteiger partial charge is 0.159 e. The minimum absolute atomic E-state index is 0.0993. The van der Waals surface area contributed by atoms with Crippen LogP contribution >= 0.6 is 0 Å². The first-order valence-electron chi connectivity index (χ1n) is 9.21. The van der Waals surface area contributed by atoms with Crippen molar-refractivity contribution in [3.63, 3.8) is 0 Å². The Morgan fingerprint density at radius 2 is 1.86 bits per heavy atom. The highest BCUT2D eigenvalue weighted by molar-refractivity contribution is 5.95. The van der Waals surface area contributed by atoms with E-state index in [0.717, 1.165) is 5.56 Å². The van der Waals surface area contributed by atoms with E-state index in [4.69, 9.17) is 9.94 Å². The van der Waals surface area contributed by atoms with E-state index in [2.05, 4.69) is 0 Å². The Hall–Kier alpha value is -3.22. The Balaban J connectivity index is 2.03. The quantitative estimate of drug-likeness (QED) is 0.430. The summed E-state index contributed by atoms with van der Waals surface area (Å²) in [5.74, 6) is -0.113. The van der Waals surface area contributed by atoms with Crippen LogP contribution in [0.25, 0.3) is 11.1 Å². The summed E-state index contributed by atoms with van der Waals surface area (Å²) in [6, 6.07) is 16.4. The highest BCUT2D eigenvalue weighted by Gasteiger charge is 2.17. The largest absolute Gasteiger partial charge is 0.733 e. The summed E-state index contributed by atoms with van der Waals surface area (Å²) in [4.78, 5) is 11.7. The third kappa shape index (κ3) is 4.62. The Morgan fingerprint density at radius 1 is 1.14 bits per heavy atom. The first-order chi connectivity index (χ1) is 13.9. The molecule has 0 aliphatic heterocycles. The van der Waals surface area contributed by atoms with E-state index in [1.165, 1.54) is 19.1 Å². The van der Waals surface area contributed by atoms with E-state index < -0.39 is 5.82 Å². The molecule has 150 valence electrons. The van der Waals surface area contributed by atoms with Gasteiger partial charge in [-0.25, -0.2) is 4.39 Å². The highest BCUT2D eigenvalue weighted by Crippen LogP contribution is 2.36. The van der Waals surface area contributed by atoms with Crippen LogP contribution in [0.4, 0.5) is 10.1 Å². The van der Waals surface area contributed by atoms with Crippen LogP contribution in [0, 0.1) is 11.0 Å². The molecule has 3 rings (SSSR count). The average Bonchev–Trinajstić information content (AvgIpc) is 2.71. The van der Waals surface area contributed by atoms with Crippen molar-refractivity contribution in [3.05, 3.63) is 88.4 Å². The average molecular weight is 394 g/mol. The predicted molar refractivity (Wildman–Crippen MR) is 110 cm³/mol.